The average molecular weight is 425 g/mol. The zero-order valence-corrected chi connectivity index (χ0v) is 17.5. The van der Waals surface area contributed by atoms with Crippen LogP contribution in [0.2, 0.25) is 0 Å². The summed E-state index contributed by atoms with van der Waals surface area (Å²) in [6.07, 6.45) is 0. The third kappa shape index (κ3) is 4.75. The first kappa shape index (κ1) is 20.8. The molecule has 2 N–H and O–H groups in total. The van der Waals surface area contributed by atoms with Crippen LogP contribution in [0.4, 0.5) is 0 Å². The van der Waals surface area contributed by atoms with Gasteiger partial charge >= 0.3 is 0 Å². The summed E-state index contributed by atoms with van der Waals surface area (Å²) in [4.78, 5) is 27.9. The lowest BCUT2D eigenvalue weighted by Crippen LogP contribution is -2.26. The van der Waals surface area contributed by atoms with Gasteiger partial charge in [0.2, 0.25) is 0 Å². The van der Waals surface area contributed by atoms with Crippen LogP contribution in [0.3, 0.4) is 0 Å². The van der Waals surface area contributed by atoms with Gasteiger partial charge in [0.15, 0.2) is 4.77 Å². The van der Waals surface area contributed by atoms with Crippen molar-refractivity contribution in [3.63, 3.8) is 0 Å². The molecule has 0 aliphatic rings. The Morgan fingerprint density at radius 2 is 2.10 bits per heavy atom. The van der Waals surface area contributed by atoms with Crippen molar-refractivity contribution in [1.82, 2.24) is 14.9 Å². The molecule has 148 valence electrons. The summed E-state index contributed by atoms with van der Waals surface area (Å²) in [7, 11) is 0. The number of fused-ring (bicyclic) bond motifs is 1. The number of nitriles is 1. The number of nitrogens with zero attached hydrogens (tertiary/aromatic N) is 2. The van der Waals surface area contributed by atoms with Crippen LogP contribution >= 0.6 is 24.0 Å². The second-order valence-electron chi connectivity index (χ2n) is 6.32. The van der Waals surface area contributed by atoms with Gasteiger partial charge in [0.05, 0.1) is 22.5 Å². The number of aromatic amines is 1. The predicted octanol–water partition coefficient (Wildman–Crippen LogP) is 3.61. The molecular formula is C21H20N4O2S2. The number of hydrogen-bond donors (Lipinski definition) is 2. The molecule has 0 saturated carbocycles. The lowest BCUT2D eigenvalue weighted by Gasteiger charge is -2.08. The van der Waals surface area contributed by atoms with Crippen molar-refractivity contribution in [3.8, 4) is 6.07 Å². The Morgan fingerprint density at radius 3 is 2.86 bits per heavy atom. The van der Waals surface area contributed by atoms with E-state index in [4.69, 9.17) is 17.5 Å². The summed E-state index contributed by atoms with van der Waals surface area (Å²) in [5.74, 6) is 1.24. The van der Waals surface area contributed by atoms with Crippen molar-refractivity contribution in [2.24, 2.45) is 0 Å². The van der Waals surface area contributed by atoms with Crippen molar-refractivity contribution < 1.29 is 4.79 Å². The summed E-state index contributed by atoms with van der Waals surface area (Å²) < 4.78 is 1.83. The number of nitrogens with one attached hydrogen (secondary N) is 2. The maximum atomic E-state index is 12.4. The first-order chi connectivity index (χ1) is 14.0. The van der Waals surface area contributed by atoms with Crippen molar-refractivity contribution >= 4 is 40.8 Å². The van der Waals surface area contributed by atoms with Crippen LogP contribution in [-0.4, -0.2) is 27.8 Å². The van der Waals surface area contributed by atoms with Crippen LogP contribution < -0.4 is 10.9 Å². The standard InChI is InChI=1S/C21H20N4O2S2/c1-2-25-20(27)17-8-7-14(11-18(17)24-21(25)28)19(26)23-9-10-29-13-16-6-4-3-5-15(16)12-22/h3-8,11H,2,9-10,13H2,1H3,(H,23,26)(H,24,28). The van der Waals surface area contributed by atoms with E-state index in [0.29, 0.717) is 39.9 Å². The molecule has 6 nitrogen and oxygen atoms in total. The Kier molecular flexibility index (Phi) is 6.86. The summed E-state index contributed by atoms with van der Waals surface area (Å²) >= 11 is 6.87. The molecule has 8 heteroatoms. The molecule has 1 amide bonds. The largest absolute Gasteiger partial charge is 0.351 e. The first-order valence-electron chi connectivity index (χ1n) is 9.16. The molecule has 0 unspecified atom stereocenters. The van der Waals surface area contributed by atoms with Crippen LogP contribution in [0.5, 0.6) is 0 Å². The van der Waals surface area contributed by atoms with Gasteiger partial charge < -0.3 is 10.3 Å². The number of amides is 1. The molecule has 0 fully saturated rings. The van der Waals surface area contributed by atoms with Gasteiger partial charge in [-0.2, -0.15) is 17.0 Å². The van der Waals surface area contributed by atoms with Gasteiger partial charge in [-0.25, -0.2) is 0 Å². The van der Waals surface area contributed by atoms with Crippen molar-refractivity contribution in [2.75, 3.05) is 12.3 Å². The highest BCUT2D eigenvalue weighted by atomic mass is 32.2. The van der Waals surface area contributed by atoms with E-state index in [-0.39, 0.29) is 11.5 Å². The molecule has 3 aromatic rings. The number of benzene rings is 2. The van der Waals surface area contributed by atoms with Crippen LogP contribution in [0.25, 0.3) is 10.9 Å². The Morgan fingerprint density at radius 1 is 1.31 bits per heavy atom. The third-order valence-electron chi connectivity index (χ3n) is 4.49. The normalized spacial score (nSPS) is 10.6. The summed E-state index contributed by atoms with van der Waals surface area (Å²) in [5, 5.41) is 12.5. The maximum absolute atomic E-state index is 12.4. The van der Waals surface area contributed by atoms with Gasteiger partial charge in [0, 0.05) is 30.2 Å². The second kappa shape index (κ2) is 9.54. The number of aromatic nitrogens is 2. The zero-order valence-electron chi connectivity index (χ0n) is 15.9. The van der Waals surface area contributed by atoms with E-state index in [2.05, 4.69) is 16.4 Å². The Labute approximate surface area is 177 Å². The Bertz CT molecular complexity index is 1210. The SMILES string of the molecule is CCn1c(=S)[nH]c2cc(C(=O)NCCSCc3ccccc3C#N)ccc2c1=O. The average Bonchev–Trinajstić information content (AvgIpc) is 2.73. The number of carbonyl (C=O) groups is 1. The van der Waals surface area contributed by atoms with Crippen LogP contribution in [0.15, 0.2) is 47.3 Å². The highest BCUT2D eigenvalue weighted by Gasteiger charge is 2.10. The number of carbonyl (C=O) groups excluding carboxylic acids is 1. The predicted molar refractivity (Wildman–Crippen MR) is 119 cm³/mol. The quantitative estimate of drug-likeness (QED) is 0.447. The molecule has 0 aliphatic heterocycles. The molecule has 0 radical (unpaired) electrons. The van der Waals surface area contributed by atoms with Crippen LogP contribution in [0, 0.1) is 16.1 Å². The van der Waals surface area contributed by atoms with E-state index in [1.165, 1.54) is 4.57 Å². The summed E-state index contributed by atoms with van der Waals surface area (Å²) in [6, 6.07) is 14.6. The van der Waals surface area contributed by atoms with Gasteiger partial charge in [0.1, 0.15) is 0 Å². The number of H-pyrrole nitrogens is 1. The second-order valence-corrected chi connectivity index (χ2v) is 7.81. The fraction of sp³-hybridized carbons (Fsp3) is 0.238. The summed E-state index contributed by atoms with van der Waals surface area (Å²) in [6.45, 7) is 2.85. The van der Waals surface area contributed by atoms with E-state index in [9.17, 15) is 9.59 Å². The molecule has 0 atom stereocenters. The van der Waals surface area contributed by atoms with Gasteiger partial charge in [0.25, 0.3) is 11.5 Å². The summed E-state index contributed by atoms with van der Waals surface area (Å²) in [5.41, 5.74) is 2.54. The number of rotatable bonds is 7. The van der Waals surface area contributed by atoms with Crippen molar-refractivity contribution in [1.29, 1.82) is 5.26 Å². The molecule has 1 heterocycles. The van der Waals surface area contributed by atoms with Crippen LogP contribution in [0.1, 0.15) is 28.4 Å². The highest BCUT2D eigenvalue weighted by molar-refractivity contribution is 7.98. The molecule has 0 saturated heterocycles. The third-order valence-corrected chi connectivity index (χ3v) is 5.82. The zero-order chi connectivity index (χ0) is 20.8. The van der Waals surface area contributed by atoms with E-state index < -0.39 is 0 Å². The molecular weight excluding hydrogens is 404 g/mol. The monoisotopic (exact) mass is 424 g/mol. The molecule has 3 rings (SSSR count). The minimum absolute atomic E-state index is 0.160. The fourth-order valence-electron chi connectivity index (χ4n) is 2.96. The fourth-order valence-corrected chi connectivity index (χ4v) is 4.14. The molecule has 29 heavy (non-hydrogen) atoms. The molecule has 0 bridgehead atoms. The lowest BCUT2D eigenvalue weighted by molar-refractivity contribution is 0.0956. The molecule has 0 aliphatic carbocycles. The van der Waals surface area contributed by atoms with E-state index in [1.54, 1.807) is 36.0 Å². The Hall–Kier alpha value is -2.89. The smallest absolute Gasteiger partial charge is 0.262 e. The lowest BCUT2D eigenvalue weighted by atomic mass is 10.1. The van der Waals surface area contributed by atoms with Crippen LogP contribution in [-0.2, 0) is 12.3 Å². The van der Waals surface area contributed by atoms with Crippen molar-refractivity contribution in [2.45, 2.75) is 19.2 Å². The van der Waals surface area contributed by atoms with Crippen molar-refractivity contribution in [3.05, 3.63) is 74.3 Å². The van der Waals surface area contributed by atoms with E-state index >= 15 is 0 Å². The molecule has 2 aromatic carbocycles. The maximum Gasteiger partial charge on any atom is 0.262 e. The molecule has 1 aromatic heterocycles. The molecule has 0 spiro atoms. The van der Waals surface area contributed by atoms with Gasteiger partial charge in [-0.3, -0.25) is 14.2 Å². The van der Waals surface area contributed by atoms with E-state index in [0.717, 1.165) is 17.1 Å². The van der Waals surface area contributed by atoms with Gasteiger partial charge in [-0.1, -0.05) is 18.2 Å². The Balaban J connectivity index is 1.60. The highest BCUT2D eigenvalue weighted by Crippen LogP contribution is 2.16. The first-order valence-corrected chi connectivity index (χ1v) is 10.7. The number of hydrogen-bond acceptors (Lipinski definition) is 5. The number of thioether (sulfide) groups is 1. The minimum Gasteiger partial charge on any atom is -0.351 e. The van der Waals surface area contributed by atoms with Gasteiger partial charge in [-0.15, -0.1) is 0 Å². The minimum atomic E-state index is -0.205. The van der Waals surface area contributed by atoms with Gasteiger partial charge in [-0.05, 0) is 49.0 Å². The topological polar surface area (TPSA) is 90.7 Å². The van der Waals surface area contributed by atoms with E-state index in [1.807, 2.05) is 25.1 Å².